The molecule has 0 spiro atoms. The summed E-state index contributed by atoms with van der Waals surface area (Å²) in [7, 11) is 3.19. The van der Waals surface area contributed by atoms with Gasteiger partial charge in [-0.05, 0) is 36.5 Å². The molecule has 2 atom stereocenters. The molecule has 1 aromatic rings. The maximum absolute atomic E-state index is 10.2. The molecule has 1 fully saturated rings. The van der Waals surface area contributed by atoms with E-state index in [2.05, 4.69) is 0 Å². The number of nitrogens with two attached hydrogens (primary N) is 1. The SMILES string of the molecule is COc1ccc([C@H](N)[C@H](O)C2CCC2)cc1OC.Cl. The Labute approximate surface area is 120 Å². The van der Waals surface area contributed by atoms with Gasteiger partial charge in [0.15, 0.2) is 11.5 Å². The van der Waals surface area contributed by atoms with Crippen LogP contribution < -0.4 is 15.2 Å². The summed E-state index contributed by atoms with van der Waals surface area (Å²) in [6.07, 6.45) is 2.86. The molecule has 3 N–H and O–H groups in total. The van der Waals surface area contributed by atoms with Crippen molar-refractivity contribution < 1.29 is 14.6 Å². The fraction of sp³-hybridized carbons (Fsp3) is 0.571. The van der Waals surface area contributed by atoms with Crippen molar-refractivity contribution in [2.75, 3.05) is 14.2 Å². The summed E-state index contributed by atoms with van der Waals surface area (Å²) >= 11 is 0. The summed E-state index contributed by atoms with van der Waals surface area (Å²) in [5.74, 6) is 1.66. The van der Waals surface area contributed by atoms with Gasteiger partial charge in [-0.3, -0.25) is 0 Å². The first-order valence-corrected chi connectivity index (χ1v) is 6.33. The van der Waals surface area contributed by atoms with Crippen molar-refractivity contribution in [3.63, 3.8) is 0 Å². The van der Waals surface area contributed by atoms with Gasteiger partial charge in [-0.25, -0.2) is 0 Å². The van der Waals surface area contributed by atoms with Crippen molar-refractivity contribution in [3.8, 4) is 11.5 Å². The molecule has 0 saturated heterocycles. The van der Waals surface area contributed by atoms with Gasteiger partial charge in [-0.1, -0.05) is 12.5 Å². The number of methoxy groups -OCH3 is 2. The summed E-state index contributed by atoms with van der Waals surface area (Å²) in [5.41, 5.74) is 7.00. The molecule has 5 heteroatoms. The van der Waals surface area contributed by atoms with E-state index in [4.69, 9.17) is 15.2 Å². The van der Waals surface area contributed by atoms with Gasteiger partial charge in [-0.15, -0.1) is 12.4 Å². The molecule has 108 valence electrons. The van der Waals surface area contributed by atoms with Gasteiger partial charge >= 0.3 is 0 Å². The van der Waals surface area contributed by atoms with Crippen molar-refractivity contribution in [1.29, 1.82) is 0 Å². The highest BCUT2D eigenvalue weighted by molar-refractivity contribution is 5.85. The molecule has 0 aromatic heterocycles. The molecule has 1 aliphatic carbocycles. The molecular formula is C14H22ClNO3. The van der Waals surface area contributed by atoms with Crippen LogP contribution in [0.25, 0.3) is 0 Å². The van der Waals surface area contributed by atoms with Gasteiger partial charge in [0, 0.05) is 0 Å². The minimum absolute atomic E-state index is 0. The zero-order valence-electron chi connectivity index (χ0n) is 11.3. The van der Waals surface area contributed by atoms with Crippen LogP contribution in [0.4, 0.5) is 0 Å². The van der Waals surface area contributed by atoms with Crippen LogP contribution in [0.2, 0.25) is 0 Å². The van der Waals surface area contributed by atoms with Crippen LogP contribution in [0.15, 0.2) is 18.2 Å². The third-order valence-corrected chi connectivity index (χ3v) is 3.79. The minimum Gasteiger partial charge on any atom is -0.493 e. The topological polar surface area (TPSA) is 64.7 Å². The van der Waals surface area contributed by atoms with E-state index in [1.54, 1.807) is 14.2 Å². The third-order valence-electron chi connectivity index (χ3n) is 3.79. The van der Waals surface area contributed by atoms with Crippen LogP contribution in [0, 0.1) is 5.92 Å². The van der Waals surface area contributed by atoms with Crippen LogP contribution in [0.5, 0.6) is 11.5 Å². The standard InChI is InChI=1S/C14H21NO3.ClH/c1-17-11-7-6-10(8-12(11)18-2)13(15)14(16)9-4-3-5-9;/h6-9,13-14,16H,3-5,15H2,1-2H3;1H/t13-,14+;/m0./s1. The summed E-state index contributed by atoms with van der Waals surface area (Å²) in [6, 6.07) is 5.18. The van der Waals surface area contributed by atoms with E-state index in [0.29, 0.717) is 17.4 Å². The monoisotopic (exact) mass is 287 g/mol. The molecule has 0 amide bonds. The van der Waals surface area contributed by atoms with E-state index in [-0.39, 0.29) is 18.4 Å². The highest BCUT2D eigenvalue weighted by atomic mass is 35.5. The van der Waals surface area contributed by atoms with Gasteiger partial charge < -0.3 is 20.3 Å². The fourth-order valence-corrected chi connectivity index (χ4v) is 2.33. The van der Waals surface area contributed by atoms with E-state index >= 15 is 0 Å². The van der Waals surface area contributed by atoms with Crippen LogP contribution >= 0.6 is 12.4 Å². The van der Waals surface area contributed by atoms with E-state index in [0.717, 1.165) is 18.4 Å². The Balaban J connectivity index is 0.00000180. The molecule has 2 rings (SSSR count). The average Bonchev–Trinajstić information content (AvgIpc) is 2.34. The Morgan fingerprint density at radius 2 is 1.84 bits per heavy atom. The van der Waals surface area contributed by atoms with Gasteiger partial charge in [0.1, 0.15) is 0 Å². The number of halogens is 1. The fourth-order valence-electron chi connectivity index (χ4n) is 2.33. The Kier molecular flexibility index (Phi) is 5.91. The first-order valence-electron chi connectivity index (χ1n) is 6.33. The highest BCUT2D eigenvalue weighted by Gasteiger charge is 2.30. The summed E-state index contributed by atoms with van der Waals surface area (Å²) in [5, 5.41) is 10.2. The van der Waals surface area contributed by atoms with Gasteiger partial charge in [0.2, 0.25) is 0 Å². The minimum atomic E-state index is -0.475. The van der Waals surface area contributed by atoms with Crippen molar-refractivity contribution in [2.45, 2.75) is 31.4 Å². The Morgan fingerprint density at radius 3 is 2.32 bits per heavy atom. The van der Waals surface area contributed by atoms with Gasteiger partial charge in [0.25, 0.3) is 0 Å². The number of hydrogen-bond donors (Lipinski definition) is 2. The molecular weight excluding hydrogens is 266 g/mol. The zero-order valence-corrected chi connectivity index (χ0v) is 12.2. The third kappa shape index (κ3) is 3.32. The highest BCUT2D eigenvalue weighted by Crippen LogP contribution is 2.36. The number of ether oxygens (including phenoxy) is 2. The van der Waals surface area contributed by atoms with E-state index < -0.39 is 6.10 Å². The van der Waals surface area contributed by atoms with Crippen molar-refractivity contribution >= 4 is 12.4 Å². The number of aliphatic hydroxyl groups is 1. The Morgan fingerprint density at radius 1 is 1.21 bits per heavy atom. The molecule has 4 nitrogen and oxygen atoms in total. The van der Waals surface area contributed by atoms with Crippen LogP contribution in [-0.4, -0.2) is 25.4 Å². The Hall–Kier alpha value is -0.970. The molecule has 0 unspecified atom stereocenters. The first-order chi connectivity index (χ1) is 8.67. The number of aliphatic hydroxyl groups excluding tert-OH is 1. The number of benzene rings is 1. The van der Waals surface area contributed by atoms with Crippen molar-refractivity contribution in [3.05, 3.63) is 23.8 Å². The van der Waals surface area contributed by atoms with Crippen molar-refractivity contribution in [2.24, 2.45) is 11.7 Å². The summed E-state index contributed by atoms with van der Waals surface area (Å²) in [4.78, 5) is 0. The van der Waals surface area contributed by atoms with Gasteiger partial charge in [-0.2, -0.15) is 0 Å². The van der Waals surface area contributed by atoms with Crippen LogP contribution in [0.3, 0.4) is 0 Å². The second-order valence-corrected chi connectivity index (χ2v) is 4.82. The smallest absolute Gasteiger partial charge is 0.161 e. The second-order valence-electron chi connectivity index (χ2n) is 4.82. The lowest BCUT2D eigenvalue weighted by molar-refractivity contribution is 0.0413. The van der Waals surface area contributed by atoms with Crippen LogP contribution in [0.1, 0.15) is 30.9 Å². The largest absolute Gasteiger partial charge is 0.493 e. The maximum Gasteiger partial charge on any atom is 0.161 e. The second kappa shape index (κ2) is 6.98. The van der Waals surface area contributed by atoms with Crippen LogP contribution in [-0.2, 0) is 0 Å². The molecule has 1 aliphatic rings. The predicted octanol–water partition coefficient (Wildman–Crippen LogP) is 2.29. The van der Waals surface area contributed by atoms with Crippen molar-refractivity contribution in [1.82, 2.24) is 0 Å². The average molecular weight is 288 g/mol. The molecule has 19 heavy (non-hydrogen) atoms. The lowest BCUT2D eigenvalue weighted by atomic mass is 9.77. The molecule has 1 aromatic carbocycles. The van der Waals surface area contributed by atoms with E-state index in [1.165, 1.54) is 6.42 Å². The molecule has 0 heterocycles. The lowest BCUT2D eigenvalue weighted by Gasteiger charge is -2.33. The predicted molar refractivity (Wildman–Crippen MR) is 77.1 cm³/mol. The normalized spacial score (nSPS) is 17.9. The summed E-state index contributed by atoms with van der Waals surface area (Å²) in [6.45, 7) is 0. The molecule has 0 radical (unpaired) electrons. The summed E-state index contributed by atoms with van der Waals surface area (Å²) < 4.78 is 10.4. The van der Waals surface area contributed by atoms with E-state index in [9.17, 15) is 5.11 Å². The van der Waals surface area contributed by atoms with E-state index in [1.807, 2.05) is 18.2 Å². The quantitative estimate of drug-likeness (QED) is 0.872. The van der Waals surface area contributed by atoms with Gasteiger partial charge in [0.05, 0.1) is 26.4 Å². The zero-order chi connectivity index (χ0) is 13.1. The molecule has 1 saturated carbocycles. The molecule has 0 aliphatic heterocycles. The first kappa shape index (κ1) is 16.1. The Bertz CT molecular complexity index is 410. The maximum atomic E-state index is 10.2. The number of hydrogen-bond acceptors (Lipinski definition) is 4. The lowest BCUT2D eigenvalue weighted by Crippen LogP contribution is -2.36. The number of rotatable bonds is 5. The molecule has 0 bridgehead atoms.